The van der Waals surface area contributed by atoms with Crippen molar-refractivity contribution in [2.75, 3.05) is 191 Å². The Morgan fingerprint density at radius 3 is 1.14 bits per heavy atom. The summed E-state index contributed by atoms with van der Waals surface area (Å²) < 4.78 is 3.26. The molecule has 6 aliphatic rings. The number of imidazole rings is 3. The van der Waals surface area contributed by atoms with Crippen molar-refractivity contribution in [1.82, 2.24) is 104 Å². The first-order valence-corrected chi connectivity index (χ1v) is 45.7. The number of piperidine rings is 3. The Balaban J connectivity index is 0.000000138. The first kappa shape index (κ1) is 85.0. The van der Waals surface area contributed by atoms with Gasteiger partial charge in [-0.3, -0.25) is 29.3 Å². The van der Waals surface area contributed by atoms with Gasteiger partial charge in [-0.2, -0.15) is 0 Å². The van der Waals surface area contributed by atoms with Crippen molar-refractivity contribution in [3.63, 3.8) is 0 Å². The van der Waals surface area contributed by atoms with E-state index >= 15 is 0 Å². The van der Waals surface area contributed by atoms with Crippen LogP contribution in [0.2, 0.25) is 0 Å². The number of halogens is 1. The van der Waals surface area contributed by atoms with E-state index in [1.165, 1.54) is 101 Å². The lowest BCUT2D eigenvalue weighted by atomic mass is 10.1. The van der Waals surface area contributed by atoms with Gasteiger partial charge in [-0.1, -0.05) is 80.8 Å². The molecule has 0 saturated carbocycles. The molecular weight excluding hydrogens is 1620 g/mol. The van der Waals surface area contributed by atoms with Gasteiger partial charge >= 0.3 is 0 Å². The summed E-state index contributed by atoms with van der Waals surface area (Å²) in [5, 5.41) is 17.3. The summed E-state index contributed by atoms with van der Waals surface area (Å²) in [4.78, 5) is 106. The van der Waals surface area contributed by atoms with E-state index in [1.807, 2.05) is 92.5 Å². The molecule has 18 rings (SSSR count). The van der Waals surface area contributed by atoms with Crippen molar-refractivity contribution in [1.29, 1.82) is 0 Å². The second-order valence-corrected chi connectivity index (χ2v) is 33.7. The van der Waals surface area contributed by atoms with Gasteiger partial charge in [0.25, 0.3) is 17.7 Å². The highest BCUT2D eigenvalue weighted by atomic mass is 127. The number of amides is 3. The maximum absolute atomic E-state index is 13.5. The quantitative estimate of drug-likeness (QED) is 0.0186. The van der Waals surface area contributed by atoms with Gasteiger partial charge in [-0.15, -0.1) is 0 Å². The molecule has 0 radical (unpaired) electrons. The average molecular weight is 1740 g/mol. The number of nitrogens with zero attached hydrogens (tertiary/aromatic N) is 18. The number of carbonyl (C=O) groups is 3. The Labute approximate surface area is 718 Å². The van der Waals surface area contributed by atoms with E-state index in [-0.39, 0.29) is 17.7 Å². The summed E-state index contributed by atoms with van der Waals surface area (Å²) in [7, 11) is 0. The summed E-state index contributed by atoms with van der Waals surface area (Å²) in [6, 6.07) is 30.5. The number of benzene rings is 3. The van der Waals surface area contributed by atoms with E-state index in [1.54, 1.807) is 18.6 Å². The standard InChI is InChI=1S/C32H42N8O.C30H38N8O.C28H34N8O.C2H5I/c1-3-37-17-19-39(20-18-37)32(41)31-36-29-21-24(9-10-30(29)40(31)4-2)27-22-28(25-23-33-13-11-26(25)35-27)34-12-8-16-38-14-6-5-7-15-38;1-2-36-15-17-38(18-16-36)30(39)29-34-25-8-7-22(19-28(25)35-29)26-20-27(23-21-31-11-9-24(23)33-26)32-10-6-14-37-12-4-3-5-13-37;37-28(36-15-10-29-11-16-36)27-33-23-6-5-20(17-26(23)34-27)24-18-25(21-19-30-9-7-22(21)32-24)31-8-4-14-35-12-2-1-3-13-35;1-2-3/h9-11,13,21-23H,3-8,12,14-20H2,1-2H3,(H,34,35);7-9,11,19-21H,2-6,10,12-18H2,1H3,(H,32,33)(H,34,35);5-7,9,17-19,29H,1-4,8,10-16H2,(H,31,32)(H,33,34);2H2,1H3. The summed E-state index contributed by atoms with van der Waals surface area (Å²) in [5.74, 6) is 1.26. The van der Waals surface area contributed by atoms with Gasteiger partial charge in [0.2, 0.25) is 0 Å². The molecule has 0 atom stereocenters. The predicted octanol–water partition coefficient (Wildman–Crippen LogP) is 13.9. The molecule has 28 heteroatoms. The van der Waals surface area contributed by atoms with Crippen molar-refractivity contribution >= 4 is 123 Å². The number of piperazine rings is 3. The molecule has 6 saturated heterocycles. The first-order valence-electron chi connectivity index (χ1n) is 44.2. The summed E-state index contributed by atoms with van der Waals surface area (Å²) in [6.45, 7) is 34.3. The third kappa shape index (κ3) is 21.3. The molecule has 120 heavy (non-hydrogen) atoms. The van der Waals surface area contributed by atoms with Crippen molar-refractivity contribution in [3.8, 4) is 33.8 Å². The number of hydrogen-bond donors (Lipinski definition) is 6. The van der Waals surface area contributed by atoms with Crippen LogP contribution in [0.5, 0.6) is 0 Å². The van der Waals surface area contributed by atoms with E-state index in [2.05, 4.69) is 167 Å². The third-order valence-electron chi connectivity index (χ3n) is 24.2. The Hall–Kier alpha value is -9.95. The van der Waals surface area contributed by atoms with Crippen molar-refractivity contribution in [2.45, 2.75) is 111 Å². The van der Waals surface area contributed by atoms with E-state index in [4.69, 9.17) is 19.9 Å². The van der Waals surface area contributed by atoms with Gasteiger partial charge < -0.3 is 75.0 Å². The van der Waals surface area contributed by atoms with Gasteiger partial charge in [0, 0.05) is 192 Å². The van der Waals surface area contributed by atoms with Crippen LogP contribution in [-0.2, 0) is 6.54 Å². The largest absolute Gasteiger partial charge is 0.384 e. The van der Waals surface area contributed by atoms with E-state index in [9.17, 15) is 14.4 Å². The smallest absolute Gasteiger partial charge is 0.289 e. The second kappa shape index (κ2) is 42.0. The minimum Gasteiger partial charge on any atom is -0.384 e. The van der Waals surface area contributed by atoms with Gasteiger partial charge in [0.1, 0.15) is 0 Å². The SMILES string of the molecule is CCI.CCN1CCN(C(=O)c2nc3cc(-c4cc(NCCCN5CCCCC5)c5cnccc5n4)ccc3n2CC)CC1.CCN1CCN(C(=O)c2nc3ccc(-c4cc(NCCCN5CCCCC5)c5cnccc5n4)cc3[nH]2)CC1.O=C(c1nc2ccc(-c3cc(NCCCN4CCCCC4)c4cnccc4n3)cc2[nH]1)N1CCNCC1. The number of fused-ring (bicyclic) bond motifs is 6. The number of rotatable bonds is 24. The lowest BCUT2D eigenvalue weighted by molar-refractivity contribution is 0.0623. The van der Waals surface area contributed by atoms with E-state index in [0.717, 1.165) is 254 Å². The fourth-order valence-electron chi connectivity index (χ4n) is 17.4. The topological polar surface area (TPSA) is 278 Å². The molecule has 15 heterocycles. The Morgan fingerprint density at radius 2 is 0.750 bits per heavy atom. The Kier molecular flexibility index (Phi) is 29.8. The van der Waals surface area contributed by atoms with Crippen LogP contribution < -0.4 is 21.3 Å². The van der Waals surface area contributed by atoms with Gasteiger partial charge in [-0.25, -0.2) is 29.9 Å². The molecule has 0 bridgehead atoms. The van der Waals surface area contributed by atoms with Crippen LogP contribution in [0.1, 0.15) is 137 Å². The number of carbonyl (C=O) groups excluding carboxylic acids is 3. The molecule has 9 aromatic heterocycles. The number of aryl methyl sites for hydroxylation is 1. The van der Waals surface area contributed by atoms with Crippen molar-refractivity contribution in [3.05, 3.63) is 146 Å². The van der Waals surface area contributed by atoms with Crippen LogP contribution in [0, 0.1) is 0 Å². The molecule has 0 unspecified atom stereocenters. The molecule has 6 aliphatic heterocycles. The van der Waals surface area contributed by atoms with Crippen molar-refractivity contribution in [2.24, 2.45) is 0 Å². The number of nitrogens with one attached hydrogen (secondary N) is 6. The zero-order valence-electron chi connectivity index (χ0n) is 70.6. The fourth-order valence-corrected chi connectivity index (χ4v) is 17.4. The highest BCUT2D eigenvalue weighted by Gasteiger charge is 2.29. The zero-order valence-corrected chi connectivity index (χ0v) is 72.7. The van der Waals surface area contributed by atoms with E-state index in [0.29, 0.717) is 37.1 Å². The Bertz CT molecular complexity index is 5400. The molecule has 6 N–H and O–H groups in total. The van der Waals surface area contributed by atoms with Crippen molar-refractivity contribution < 1.29 is 14.4 Å². The normalized spacial score (nSPS) is 16.8. The maximum atomic E-state index is 13.5. The van der Waals surface area contributed by atoms with Crippen LogP contribution in [0.25, 0.3) is 99.6 Å². The van der Waals surface area contributed by atoms with Crippen LogP contribution in [0.15, 0.2) is 128 Å². The number of likely N-dealkylation sites (N-methyl/N-ethyl adjacent to an activating group) is 2. The maximum Gasteiger partial charge on any atom is 0.289 e. The second-order valence-electron chi connectivity index (χ2n) is 32.2. The van der Waals surface area contributed by atoms with Crippen LogP contribution in [-0.4, -0.2) is 291 Å². The molecule has 27 nitrogen and oxygen atoms in total. The molecule has 6 fully saturated rings. The molecular formula is C92H119IN24O3. The highest BCUT2D eigenvalue weighted by Crippen LogP contribution is 2.35. The minimum atomic E-state index is -0.0494. The Morgan fingerprint density at radius 1 is 0.375 bits per heavy atom. The zero-order chi connectivity index (χ0) is 82.5. The molecule has 0 spiro atoms. The van der Waals surface area contributed by atoms with E-state index < -0.39 is 0 Å². The molecule has 632 valence electrons. The number of pyridine rings is 6. The lowest BCUT2D eigenvalue weighted by Crippen LogP contribution is -2.49. The number of H-pyrrole nitrogens is 2. The molecule has 12 aromatic rings. The first-order chi connectivity index (χ1) is 59.0. The summed E-state index contributed by atoms with van der Waals surface area (Å²) in [5.41, 5.74) is 16.5. The number of aromatic nitrogens is 12. The van der Waals surface area contributed by atoms with Crippen LogP contribution in [0.4, 0.5) is 17.1 Å². The average Bonchev–Trinajstić information content (AvgIpc) is 1.58. The van der Waals surface area contributed by atoms with Gasteiger partial charge in [-0.05, 0) is 214 Å². The van der Waals surface area contributed by atoms with Gasteiger partial charge in [0.05, 0.1) is 66.7 Å². The number of anilines is 3. The van der Waals surface area contributed by atoms with Crippen LogP contribution in [0.3, 0.4) is 0 Å². The third-order valence-corrected chi connectivity index (χ3v) is 24.2. The molecule has 3 aromatic carbocycles. The number of likely N-dealkylation sites (tertiary alicyclic amines) is 3. The van der Waals surface area contributed by atoms with Crippen LogP contribution >= 0.6 is 22.6 Å². The minimum absolute atomic E-state index is 0.0210. The number of hydrogen-bond acceptors (Lipinski definition) is 21. The fraction of sp³-hybridized carbons (Fsp3) is 0.478. The molecule has 3 amide bonds. The lowest BCUT2D eigenvalue weighted by Gasteiger charge is -2.33. The summed E-state index contributed by atoms with van der Waals surface area (Å²) in [6.07, 6.45) is 26.4. The summed E-state index contributed by atoms with van der Waals surface area (Å²) >= 11 is 2.29. The highest BCUT2D eigenvalue weighted by molar-refractivity contribution is 14.1. The molecule has 0 aliphatic carbocycles. The number of aromatic amines is 2. The van der Waals surface area contributed by atoms with Gasteiger partial charge in [0.15, 0.2) is 17.5 Å². The number of alkyl halides is 1. The monoisotopic (exact) mass is 1730 g/mol. The predicted molar refractivity (Wildman–Crippen MR) is 493 cm³/mol.